The first-order chi connectivity index (χ1) is 16.7. The Morgan fingerprint density at radius 1 is 1.08 bits per heavy atom. The molecular weight excluding hydrogens is 554 g/mol. The Labute approximate surface area is 206 Å². The fourth-order valence-electron chi connectivity index (χ4n) is 3.54. The predicted molar refractivity (Wildman–Crippen MR) is 118 cm³/mol. The van der Waals surface area contributed by atoms with E-state index in [2.05, 4.69) is 8.83 Å². The van der Waals surface area contributed by atoms with E-state index in [1.54, 1.807) is 0 Å². The first kappa shape index (κ1) is 29.6. The van der Waals surface area contributed by atoms with Crippen LogP contribution >= 0.6 is 27.4 Å². The summed E-state index contributed by atoms with van der Waals surface area (Å²) in [6.07, 6.45) is -8.29. The Morgan fingerprint density at radius 3 is 2.36 bits per heavy atom. The van der Waals surface area contributed by atoms with Gasteiger partial charge in [-0.05, 0) is 0 Å². The summed E-state index contributed by atoms with van der Waals surface area (Å²) in [6.45, 7) is -0.190. The van der Waals surface area contributed by atoms with Crippen LogP contribution in [0.4, 0.5) is 0 Å². The van der Waals surface area contributed by atoms with Crippen LogP contribution in [-0.2, 0) is 27.2 Å². The van der Waals surface area contributed by atoms with Crippen molar-refractivity contribution in [3.05, 3.63) is 33.1 Å². The molecule has 20 heteroatoms. The summed E-state index contributed by atoms with van der Waals surface area (Å²) in [5.74, 6) is -0.951. The van der Waals surface area contributed by atoms with E-state index in [1.807, 2.05) is 4.98 Å². The van der Waals surface area contributed by atoms with Gasteiger partial charge < -0.3 is 40.1 Å². The molecule has 36 heavy (non-hydrogen) atoms. The molecule has 0 saturated carbocycles. The van der Waals surface area contributed by atoms with Crippen LogP contribution in [0.15, 0.2) is 21.9 Å². The Morgan fingerprint density at radius 2 is 1.75 bits per heavy atom. The van der Waals surface area contributed by atoms with Gasteiger partial charge in [0, 0.05) is 18.2 Å². The van der Waals surface area contributed by atoms with Crippen LogP contribution < -0.4 is 11.2 Å². The van der Waals surface area contributed by atoms with E-state index in [0.29, 0.717) is 11.8 Å². The molecule has 0 amide bonds. The second kappa shape index (κ2) is 11.4. The molecule has 0 aliphatic carbocycles. The number of hydrogen-bond acceptors (Lipinski definition) is 14. The highest BCUT2D eigenvalue weighted by Crippen LogP contribution is 2.62. The molecule has 5 unspecified atom stereocenters. The van der Waals surface area contributed by atoms with Crippen molar-refractivity contribution < 1.29 is 62.5 Å². The van der Waals surface area contributed by atoms with E-state index < -0.39 is 93.5 Å². The van der Waals surface area contributed by atoms with Crippen LogP contribution in [0, 0.1) is 5.92 Å². The molecule has 2 fully saturated rings. The van der Waals surface area contributed by atoms with E-state index in [4.69, 9.17) is 9.26 Å². The minimum atomic E-state index is -5.35. The van der Waals surface area contributed by atoms with Crippen molar-refractivity contribution in [2.45, 2.75) is 54.4 Å². The summed E-state index contributed by atoms with van der Waals surface area (Å²) < 4.78 is 44.3. The normalized spacial score (nSPS) is 38.4. The van der Waals surface area contributed by atoms with E-state index >= 15 is 0 Å². The molecule has 3 heterocycles. The molecule has 0 radical (unpaired) electrons. The van der Waals surface area contributed by atoms with Crippen molar-refractivity contribution in [1.29, 1.82) is 0 Å². The van der Waals surface area contributed by atoms with E-state index in [9.17, 15) is 54.0 Å². The standard InChI is InChI=1S/C16H26N2O15P2S/c1-6-10(21)12(23)8(4-19)36-15(6)32-35(28,29)33-34(26,27)30-5-7-11(22)13(24)14(31-7)18-3-2-9(20)17-16(18)25/h2-3,6-8,10-15,19,21-24H,4-5H2,1H3,(H,26,27)(H,28,29)(H,17,20,25)/t6-,7+,8?,10+,11+,12?,13+,14+,15?/m0/s1. The number of aromatic nitrogens is 2. The van der Waals surface area contributed by atoms with Gasteiger partial charge in [0.2, 0.25) is 0 Å². The molecule has 2 aliphatic rings. The Bertz CT molecular complexity index is 1130. The zero-order valence-corrected chi connectivity index (χ0v) is 21.0. The molecule has 11 atom stereocenters. The minimum absolute atomic E-state index is 0.602. The largest absolute Gasteiger partial charge is 0.482 e. The maximum atomic E-state index is 12.3. The molecule has 17 nitrogen and oxygen atoms in total. The number of nitrogens with zero attached hydrogens (tertiary/aromatic N) is 1. The molecule has 0 bridgehead atoms. The Hall–Kier alpha value is -0.950. The number of rotatable bonds is 9. The number of hydrogen-bond donors (Lipinski definition) is 8. The third-order valence-corrected chi connectivity index (χ3v) is 9.83. The molecule has 2 aliphatic heterocycles. The van der Waals surface area contributed by atoms with Crippen molar-refractivity contribution in [2.75, 3.05) is 13.2 Å². The van der Waals surface area contributed by atoms with Crippen LogP contribution in [0.3, 0.4) is 0 Å². The van der Waals surface area contributed by atoms with Crippen LogP contribution in [0.1, 0.15) is 13.2 Å². The van der Waals surface area contributed by atoms with E-state index in [-0.39, 0.29) is 0 Å². The molecule has 8 N–H and O–H groups in total. The maximum absolute atomic E-state index is 12.3. The molecule has 3 rings (SSSR count). The summed E-state index contributed by atoms with van der Waals surface area (Å²) >= 11 is 0.701. The predicted octanol–water partition coefficient (Wildman–Crippen LogP) is -2.80. The van der Waals surface area contributed by atoms with Crippen molar-refractivity contribution in [3.63, 3.8) is 0 Å². The number of phosphoric ester groups is 2. The fraction of sp³-hybridized carbons (Fsp3) is 0.750. The number of nitrogens with one attached hydrogen (secondary N) is 1. The van der Waals surface area contributed by atoms with Gasteiger partial charge >= 0.3 is 21.3 Å². The molecule has 0 aromatic carbocycles. The molecule has 2 saturated heterocycles. The molecule has 1 aromatic heterocycles. The van der Waals surface area contributed by atoms with Crippen LogP contribution in [0.2, 0.25) is 0 Å². The smallest absolute Gasteiger partial charge is 0.395 e. The molecule has 206 valence electrons. The van der Waals surface area contributed by atoms with Gasteiger partial charge in [0.1, 0.15) is 23.7 Å². The summed E-state index contributed by atoms with van der Waals surface area (Å²) in [5.41, 5.74) is -3.02. The average Bonchev–Trinajstić information content (AvgIpc) is 3.06. The van der Waals surface area contributed by atoms with Gasteiger partial charge in [0.25, 0.3) is 5.56 Å². The van der Waals surface area contributed by atoms with E-state index in [1.165, 1.54) is 6.92 Å². The summed E-state index contributed by atoms with van der Waals surface area (Å²) in [5, 5.41) is 48.6. The number of aliphatic hydroxyl groups excluding tert-OH is 5. The summed E-state index contributed by atoms with van der Waals surface area (Å²) in [4.78, 5) is 44.9. The second-order valence-corrected chi connectivity index (χ2v) is 12.4. The highest BCUT2D eigenvalue weighted by Gasteiger charge is 2.48. The highest BCUT2D eigenvalue weighted by atomic mass is 32.2. The highest BCUT2D eigenvalue weighted by molar-refractivity contribution is 8.00. The number of aromatic amines is 1. The quantitative estimate of drug-likeness (QED) is 0.137. The van der Waals surface area contributed by atoms with Crippen LogP contribution in [-0.4, -0.2) is 99.3 Å². The summed E-state index contributed by atoms with van der Waals surface area (Å²) in [7, 11) is -10.7. The van der Waals surface area contributed by atoms with Crippen molar-refractivity contribution in [1.82, 2.24) is 9.55 Å². The van der Waals surface area contributed by atoms with Gasteiger partial charge in [-0.1, -0.05) is 6.92 Å². The Kier molecular flexibility index (Phi) is 9.40. The first-order valence-electron chi connectivity index (χ1n) is 10.3. The molecule has 1 aromatic rings. The van der Waals surface area contributed by atoms with E-state index in [0.717, 1.165) is 16.8 Å². The third kappa shape index (κ3) is 6.73. The lowest BCUT2D eigenvalue weighted by Crippen LogP contribution is -2.50. The lowest BCUT2D eigenvalue weighted by Gasteiger charge is -2.40. The lowest BCUT2D eigenvalue weighted by atomic mass is 9.97. The van der Waals surface area contributed by atoms with Gasteiger partial charge in [-0.25, -0.2) is 13.9 Å². The average molecular weight is 580 g/mol. The maximum Gasteiger partial charge on any atom is 0.482 e. The zero-order chi connectivity index (χ0) is 27.0. The first-order valence-corrected chi connectivity index (χ1v) is 14.2. The minimum Gasteiger partial charge on any atom is -0.395 e. The van der Waals surface area contributed by atoms with Crippen molar-refractivity contribution >= 4 is 27.4 Å². The number of H-pyrrole nitrogens is 1. The SMILES string of the molecule is C[C@@H]1C(OP(=O)(O)OP(=O)(O)OC[C@H]2O[C@@H](n3ccc(=O)[nH]c3=O)[C@H](O)[C@@H]2O)SC(CO)C(O)[C@@H]1O. The van der Waals surface area contributed by atoms with Gasteiger partial charge in [-0.15, -0.1) is 11.8 Å². The number of aliphatic hydroxyl groups is 5. The number of phosphoric acid groups is 2. The van der Waals surface area contributed by atoms with Gasteiger partial charge in [0.05, 0.1) is 30.7 Å². The van der Waals surface area contributed by atoms with Gasteiger partial charge in [0.15, 0.2) is 6.23 Å². The van der Waals surface area contributed by atoms with Crippen molar-refractivity contribution in [2.24, 2.45) is 5.92 Å². The number of ether oxygens (including phenoxy) is 1. The zero-order valence-electron chi connectivity index (χ0n) is 18.4. The Balaban J connectivity index is 1.61. The number of thioether (sulfide) groups is 1. The lowest BCUT2D eigenvalue weighted by molar-refractivity contribution is -0.0551. The molecular formula is C16H26N2O15P2S. The van der Waals surface area contributed by atoms with Gasteiger partial charge in [-0.3, -0.25) is 23.4 Å². The third-order valence-electron chi connectivity index (χ3n) is 5.50. The monoisotopic (exact) mass is 580 g/mol. The van der Waals surface area contributed by atoms with Crippen LogP contribution in [0.5, 0.6) is 0 Å². The van der Waals surface area contributed by atoms with Crippen molar-refractivity contribution in [3.8, 4) is 0 Å². The summed E-state index contributed by atoms with van der Waals surface area (Å²) in [6, 6.07) is 0.955. The van der Waals surface area contributed by atoms with Gasteiger partial charge in [-0.2, -0.15) is 4.31 Å². The van der Waals surface area contributed by atoms with Crippen LogP contribution in [0.25, 0.3) is 0 Å². The molecule has 0 spiro atoms. The second-order valence-electron chi connectivity index (χ2n) is 8.05. The fourth-order valence-corrected chi connectivity index (χ4v) is 7.40. The topological polar surface area (TPSA) is 268 Å².